The molecule has 0 atom stereocenters. The molecule has 94 valence electrons. The number of esters is 1. The van der Waals surface area contributed by atoms with Crippen LogP contribution in [0.4, 0.5) is 5.69 Å². The van der Waals surface area contributed by atoms with E-state index in [-0.39, 0.29) is 23.8 Å². The van der Waals surface area contributed by atoms with E-state index in [1.807, 2.05) is 0 Å². The van der Waals surface area contributed by atoms with Crippen molar-refractivity contribution in [1.29, 1.82) is 0 Å². The predicted octanol–water partition coefficient (Wildman–Crippen LogP) is 0.255. The van der Waals surface area contributed by atoms with Crippen molar-refractivity contribution in [1.82, 2.24) is 4.98 Å². The van der Waals surface area contributed by atoms with Crippen LogP contribution in [-0.2, 0) is 14.6 Å². The second-order valence-corrected chi connectivity index (χ2v) is 5.82. The van der Waals surface area contributed by atoms with Gasteiger partial charge in [-0.2, -0.15) is 0 Å². The number of nitrogens with two attached hydrogens (primary N) is 1. The highest BCUT2D eigenvalue weighted by Crippen LogP contribution is 2.03. The molecule has 0 bridgehead atoms. The Hall–Kier alpha value is -1.63. The van der Waals surface area contributed by atoms with E-state index < -0.39 is 15.8 Å². The summed E-state index contributed by atoms with van der Waals surface area (Å²) in [5.41, 5.74) is 5.95. The zero-order chi connectivity index (χ0) is 12.9. The van der Waals surface area contributed by atoms with Gasteiger partial charge >= 0.3 is 5.97 Å². The average molecular weight is 258 g/mol. The lowest BCUT2D eigenvalue weighted by atomic mass is 10.3. The van der Waals surface area contributed by atoms with Gasteiger partial charge in [0.15, 0.2) is 9.84 Å². The van der Waals surface area contributed by atoms with Crippen molar-refractivity contribution in [3.63, 3.8) is 0 Å². The molecule has 1 rings (SSSR count). The molecule has 0 radical (unpaired) electrons. The van der Waals surface area contributed by atoms with E-state index >= 15 is 0 Å². The third-order valence-corrected chi connectivity index (χ3v) is 3.73. The molecule has 1 heterocycles. The summed E-state index contributed by atoms with van der Waals surface area (Å²) in [7, 11) is -3.12. The summed E-state index contributed by atoms with van der Waals surface area (Å²) in [5, 5.41) is 0. The number of hydrogen-bond acceptors (Lipinski definition) is 6. The summed E-state index contributed by atoms with van der Waals surface area (Å²) in [6.07, 6.45) is 1.33. The molecule has 0 saturated heterocycles. The molecule has 0 amide bonds. The molecule has 0 fully saturated rings. The average Bonchev–Trinajstić information content (AvgIpc) is 2.29. The van der Waals surface area contributed by atoms with E-state index in [2.05, 4.69) is 4.98 Å². The summed E-state index contributed by atoms with van der Waals surface area (Å²) >= 11 is 0. The van der Waals surface area contributed by atoms with Crippen LogP contribution in [0.15, 0.2) is 18.3 Å². The van der Waals surface area contributed by atoms with Crippen molar-refractivity contribution in [2.45, 2.75) is 6.92 Å². The van der Waals surface area contributed by atoms with Crippen LogP contribution in [0.1, 0.15) is 17.4 Å². The second kappa shape index (κ2) is 5.62. The number of hydrogen-bond donors (Lipinski definition) is 1. The highest BCUT2D eigenvalue weighted by molar-refractivity contribution is 7.91. The molecule has 6 nitrogen and oxygen atoms in total. The maximum atomic E-state index is 11.4. The van der Waals surface area contributed by atoms with Crippen LogP contribution in [0.5, 0.6) is 0 Å². The van der Waals surface area contributed by atoms with E-state index in [0.29, 0.717) is 5.69 Å². The van der Waals surface area contributed by atoms with Crippen molar-refractivity contribution < 1.29 is 17.9 Å². The Balaban J connectivity index is 2.48. The first-order chi connectivity index (χ1) is 7.94. The van der Waals surface area contributed by atoms with Crippen LogP contribution < -0.4 is 5.73 Å². The summed E-state index contributed by atoms with van der Waals surface area (Å²) in [4.78, 5) is 15.2. The van der Waals surface area contributed by atoms with Gasteiger partial charge in [-0.05, 0) is 12.1 Å². The van der Waals surface area contributed by atoms with Crippen molar-refractivity contribution in [2.75, 3.05) is 23.8 Å². The first-order valence-electron chi connectivity index (χ1n) is 5.03. The zero-order valence-corrected chi connectivity index (χ0v) is 10.2. The molecule has 17 heavy (non-hydrogen) atoms. The highest BCUT2D eigenvalue weighted by Gasteiger charge is 2.12. The van der Waals surface area contributed by atoms with Crippen molar-refractivity contribution in [3.8, 4) is 0 Å². The smallest absolute Gasteiger partial charge is 0.356 e. The van der Waals surface area contributed by atoms with E-state index in [1.54, 1.807) is 6.92 Å². The normalized spacial score (nSPS) is 11.1. The van der Waals surface area contributed by atoms with Gasteiger partial charge in [-0.15, -0.1) is 0 Å². The Morgan fingerprint density at radius 3 is 2.71 bits per heavy atom. The predicted molar refractivity (Wildman–Crippen MR) is 63.3 cm³/mol. The number of nitrogens with zero attached hydrogens (tertiary/aromatic N) is 1. The van der Waals surface area contributed by atoms with Gasteiger partial charge in [0.25, 0.3) is 0 Å². The lowest BCUT2D eigenvalue weighted by molar-refractivity contribution is 0.0522. The summed E-state index contributed by atoms with van der Waals surface area (Å²) in [5.74, 6) is -0.800. The second-order valence-electron chi connectivity index (χ2n) is 3.35. The van der Waals surface area contributed by atoms with Crippen LogP contribution in [-0.4, -0.2) is 37.5 Å². The Morgan fingerprint density at radius 2 is 2.18 bits per heavy atom. The Kier molecular flexibility index (Phi) is 4.45. The Morgan fingerprint density at radius 1 is 1.47 bits per heavy atom. The molecule has 0 saturated carbocycles. The van der Waals surface area contributed by atoms with Crippen LogP contribution in [0.3, 0.4) is 0 Å². The van der Waals surface area contributed by atoms with Gasteiger partial charge in [0, 0.05) is 5.75 Å². The number of aromatic nitrogens is 1. The quantitative estimate of drug-likeness (QED) is 0.760. The lowest BCUT2D eigenvalue weighted by Gasteiger charge is -2.04. The highest BCUT2D eigenvalue weighted by atomic mass is 32.2. The maximum absolute atomic E-state index is 11.4. The van der Waals surface area contributed by atoms with Gasteiger partial charge < -0.3 is 10.5 Å². The molecule has 0 aliphatic rings. The number of carbonyl (C=O) groups excluding carboxylic acids is 1. The molecule has 0 spiro atoms. The van der Waals surface area contributed by atoms with E-state index in [0.717, 1.165) is 0 Å². The van der Waals surface area contributed by atoms with Crippen LogP contribution in [0.25, 0.3) is 0 Å². The van der Waals surface area contributed by atoms with E-state index in [9.17, 15) is 13.2 Å². The molecular formula is C10H14N2O4S. The largest absolute Gasteiger partial charge is 0.460 e. The molecule has 0 aliphatic carbocycles. The number of carbonyl (C=O) groups is 1. The number of pyridine rings is 1. The molecule has 7 heteroatoms. The lowest BCUT2D eigenvalue weighted by Crippen LogP contribution is -2.17. The fraction of sp³-hybridized carbons (Fsp3) is 0.400. The van der Waals surface area contributed by atoms with Crippen LogP contribution in [0, 0.1) is 0 Å². The summed E-state index contributed by atoms with van der Waals surface area (Å²) in [6, 6.07) is 2.94. The number of anilines is 1. The fourth-order valence-corrected chi connectivity index (χ4v) is 1.63. The first-order valence-corrected chi connectivity index (χ1v) is 6.86. The molecule has 0 unspecified atom stereocenters. The molecule has 0 aromatic carbocycles. The number of rotatable bonds is 5. The summed E-state index contributed by atoms with van der Waals surface area (Å²) < 4.78 is 27.1. The standard InChI is InChI=1S/C10H14N2O4S/c1-2-17(14,15)6-5-16-10(13)9-4-3-8(11)7-12-9/h3-4,7H,2,5-6,11H2,1H3. The minimum absolute atomic E-state index is 0.0324. The minimum Gasteiger partial charge on any atom is -0.460 e. The number of ether oxygens (including phenoxy) is 1. The van der Waals surface area contributed by atoms with Crippen LogP contribution >= 0.6 is 0 Å². The molecule has 1 aromatic rings. The molecular weight excluding hydrogens is 244 g/mol. The van der Waals surface area contributed by atoms with Gasteiger partial charge in [0.2, 0.25) is 0 Å². The van der Waals surface area contributed by atoms with Gasteiger partial charge in [0.1, 0.15) is 12.3 Å². The molecule has 2 N–H and O–H groups in total. The Bertz CT molecular complexity index is 482. The first kappa shape index (κ1) is 13.4. The zero-order valence-electron chi connectivity index (χ0n) is 9.42. The van der Waals surface area contributed by atoms with Crippen molar-refractivity contribution >= 4 is 21.5 Å². The van der Waals surface area contributed by atoms with Gasteiger partial charge in [-0.3, -0.25) is 0 Å². The maximum Gasteiger partial charge on any atom is 0.356 e. The van der Waals surface area contributed by atoms with E-state index in [4.69, 9.17) is 10.5 Å². The molecule has 1 aromatic heterocycles. The number of sulfone groups is 1. The van der Waals surface area contributed by atoms with Crippen molar-refractivity contribution in [2.24, 2.45) is 0 Å². The third kappa shape index (κ3) is 4.39. The van der Waals surface area contributed by atoms with Crippen molar-refractivity contribution in [3.05, 3.63) is 24.0 Å². The van der Waals surface area contributed by atoms with Crippen LogP contribution in [0.2, 0.25) is 0 Å². The third-order valence-electron chi connectivity index (χ3n) is 2.06. The monoisotopic (exact) mass is 258 g/mol. The van der Waals surface area contributed by atoms with Gasteiger partial charge in [-0.1, -0.05) is 6.92 Å². The summed E-state index contributed by atoms with van der Waals surface area (Å²) in [6.45, 7) is 1.37. The van der Waals surface area contributed by atoms with E-state index in [1.165, 1.54) is 18.3 Å². The topological polar surface area (TPSA) is 99.4 Å². The molecule has 0 aliphatic heterocycles. The minimum atomic E-state index is -3.12. The SMILES string of the molecule is CCS(=O)(=O)CCOC(=O)c1ccc(N)cn1. The Labute approximate surface area is 99.7 Å². The fourth-order valence-electron chi connectivity index (χ4n) is 1.01. The van der Waals surface area contributed by atoms with Gasteiger partial charge in [-0.25, -0.2) is 18.2 Å². The van der Waals surface area contributed by atoms with Gasteiger partial charge in [0.05, 0.1) is 17.6 Å². The number of nitrogen functional groups attached to an aromatic ring is 1.